The summed E-state index contributed by atoms with van der Waals surface area (Å²) in [5.74, 6) is -0.808. The molecule has 3 amide bonds. The van der Waals surface area contributed by atoms with Crippen molar-refractivity contribution in [3.63, 3.8) is 0 Å². The smallest absolute Gasteiger partial charge is 0.321 e. The van der Waals surface area contributed by atoms with Crippen LogP contribution in [0.4, 0.5) is 4.79 Å². The van der Waals surface area contributed by atoms with E-state index in [2.05, 4.69) is 5.32 Å². The number of halogens is 1. The van der Waals surface area contributed by atoms with E-state index >= 15 is 0 Å². The molecule has 2 rings (SSSR count). The Bertz CT molecular complexity index is 715. The van der Waals surface area contributed by atoms with Crippen LogP contribution in [0.3, 0.4) is 0 Å². The van der Waals surface area contributed by atoms with Gasteiger partial charge in [-0.15, -0.1) is 0 Å². The molecule has 0 fully saturated rings. The van der Waals surface area contributed by atoms with Crippen LogP contribution in [0.25, 0.3) is 0 Å². The minimum Gasteiger partial charge on any atom is -0.467 e. The maximum atomic E-state index is 11.7. The Labute approximate surface area is 142 Å². The minimum atomic E-state index is -0.737. The Morgan fingerprint density at radius 1 is 1.12 bits per heavy atom. The van der Waals surface area contributed by atoms with E-state index in [0.29, 0.717) is 16.3 Å². The van der Waals surface area contributed by atoms with Gasteiger partial charge in [-0.1, -0.05) is 29.8 Å². The van der Waals surface area contributed by atoms with E-state index < -0.39 is 24.5 Å². The lowest BCUT2D eigenvalue weighted by molar-refractivity contribution is -0.147. The molecule has 1 aromatic heterocycles. The molecule has 2 N–H and O–H groups in total. The van der Waals surface area contributed by atoms with Gasteiger partial charge in [0.15, 0.2) is 6.61 Å². The summed E-state index contributed by atoms with van der Waals surface area (Å²) < 4.78 is 9.83. The molecule has 0 saturated heterocycles. The molecule has 8 heteroatoms. The van der Waals surface area contributed by atoms with Crippen LogP contribution < -0.4 is 10.6 Å². The summed E-state index contributed by atoms with van der Waals surface area (Å²) in [6.07, 6.45) is 1.41. The average Bonchev–Trinajstić information content (AvgIpc) is 3.07. The molecule has 7 nitrogen and oxygen atoms in total. The van der Waals surface area contributed by atoms with Crippen molar-refractivity contribution < 1.29 is 23.5 Å². The average molecular weight is 351 g/mol. The van der Waals surface area contributed by atoms with Crippen LogP contribution >= 0.6 is 11.6 Å². The van der Waals surface area contributed by atoms with Crippen LogP contribution in [0.5, 0.6) is 0 Å². The minimum absolute atomic E-state index is 0.0579. The number of carbonyl (C=O) groups is 3. The summed E-state index contributed by atoms with van der Waals surface area (Å²) in [6.45, 7) is -0.421. The molecule has 24 heavy (non-hydrogen) atoms. The van der Waals surface area contributed by atoms with Gasteiger partial charge >= 0.3 is 12.0 Å². The lowest BCUT2D eigenvalue weighted by atomic mass is 10.1. The van der Waals surface area contributed by atoms with E-state index in [1.54, 1.807) is 36.4 Å². The number of hydrogen-bond acceptors (Lipinski definition) is 5. The Morgan fingerprint density at radius 2 is 1.92 bits per heavy atom. The highest BCUT2D eigenvalue weighted by atomic mass is 35.5. The van der Waals surface area contributed by atoms with Gasteiger partial charge in [0.05, 0.1) is 19.2 Å². The number of rotatable bonds is 6. The number of amides is 3. The molecule has 1 heterocycles. The zero-order chi connectivity index (χ0) is 17.4. The molecule has 2 aromatic rings. The van der Waals surface area contributed by atoms with Gasteiger partial charge in [-0.05, 0) is 23.8 Å². The summed E-state index contributed by atoms with van der Waals surface area (Å²) in [6, 6.07) is 9.47. The molecule has 0 saturated carbocycles. The third-order valence-electron chi connectivity index (χ3n) is 2.91. The molecule has 126 valence electrons. The Hall–Kier alpha value is -2.80. The summed E-state index contributed by atoms with van der Waals surface area (Å²) in [7, 11) is 0. The van der Waals surface area contributed by atoms with Crippen LogP contribution in [-0.2, 0) is 27.3 Å². The number of ether oxygens (including phenoxy) is 1. The zero-order valence-corrected chi connectivity index (χ0v) is 13.3. The Morgan fingerprint density at radius 3 is 2.62 bits per heavy atom. The van der Waals surface area contributed by atoms with Crippen LogP contribution in [-0.4, -0.2) is 24.5 Å². The first-order valence-corrected chi connectivity index (χ1v) is 7.41. The molecular formula is C16H15ClN2O5. The fourth-order valence-corrected chi connectivity index (χ4v) is 1.98. The predicted molar refractivity (Wildman–Crippen MR) is 85.2 cm³/mol. The van der Waals surface area contributed by atoms with Gasteiger partial charge in [-0.2, -0.15) is 0 Å². The molecule has 0 radical (unpaired) electrons. The second kappa shape index (κ2) is 8.73. The van der Waals surface area contributed by atoms with Crippen molar-refractivity contribution in [2.75, 3.05) is 6.61 Å². The van der Waals surface area contributed by atoms with Gasteiger partial charge < -0.3 is 14.5 Å². The second-order valence-corrected chi connectivity index (χ2v) is 5.15. The number of nitrogens with one attached hydrogen (secondary N) is 2. The largest absolute Gasteiger partial charge is 0.467 e. The van der Waals surface area contributed by atoms with E-state index in [9.17, 15) is 14.4 Å². The van der Waals surface area contributed by atoms with E-state index in [1.807, 2.05) is 5.32 Å². The van der Waals surface area contributed by atoms with Gasteiger partial charge in [-0.3, -0.25) is 14.9 Å². The van der Waals surface area contributed by atoms with Gasteiger partial charge in [0.25, 0.3) is 5.91 Å². The molecule has 0 spiro atoms. The number of urea groups is 1. The third-order valence-corrected chi connectivity index (χ3v) is 3.28. The van der Waals surface area contributed by atoms with Crippen LogP contribution in [0.2, 0.25) is 5.02 Å². The normalized spacial score (nSPS) is 10.0. The molecule has 1 aromatic carbocycles. The van der Waals surface area contributed by atoms with Gasteiger partial charge in [0, 0.05) is 5.02 Å². The molecule has 0 bridgehead atoms. The van der Waals surface area contributed by atoms with Crippen molar-refractivity contribution in [3.05, 3.63) is 59.0 Å². The van der Waals surface area contributed by atoms with E-state index in [0.717, 1.165) is 0 Å². The van der Waals surface area contributed by atoms with Gasteiger partial charge in [0.1, 0.15) is 5.76 Å². The molecular weight excluding hydrogens is 336 g/mol. The number of imide groups is 1. The lowest BCUT2D eigenvalue weighted by Crippen LogP contribution is -2.41. The molecule has 0 aliphatic rings. The van der Waals surface area contributed by atoms with Gasteiger partial charge in [-0.25, -0.2) is 4.79 Å². The summed E-state index contributed by atoms with van der Waals surface area (Å²) >= 11 is 5.93. The maximum absolute atomic E-state index is 11.7. The third kappa shape index (κ3) is 5.77. The first-order valence-electron chi connectivity index (χ1n) is 7.03. The number of hydrogen-bond donors (Lipinski definition) is 2. The van der Waals surface area contributed by atoms with Crippen molar-refractivity contribution in [1.29, 1.82) is 0 Å². The standard InChI is InChI=1S/C16H15ClN2O5/c17-13-6-2-1-4-11(13)8-15(21)24-10-14(20)19-16(22)18-9-12-5-3-7-23-12/h1-7H,8-10H2,(H2,18,19,20,22). The van der Waals surface area contributed by atoms with Crippen molar-refractivity contribution in [1.82, 2.24) is 10.6 Å². The highest BCUT2D eigenvalue weighted by Crippen LogP contribution is 2.15. The van der Waals surface area contributed by atoms with Crippen LogP contribution in [0.1, 0.15) is 11.3 Å². The molecule has 0 aliphatic carbocycles. The Balaban J connectivity index is 1.67. The molecule has 0 atom stereocenters. The fraction of sp³-hybridized carbons (Fsp3) is 0.188. The summed E-state index contributed by atoms with van der Waals surface area (Å²) in [5.41, 5.74) is 0.598. The summed E-state index contributed by atoms with van der Waals surface area (Å²) in [4.78, 5) is 34.7. The van der Waals surface area contributed by atoms with Crippen LogP contribution in [0, 0.1) is 0 Å². The lowest BCUT2D eigenvalue weighted by Gasteiger charge is -2.07. The van der Waals surface area contributed by atoms with Crippen molar-refractivity contribution >= 4 is 29.5 Å². The van der Waals surface area contributed by atoms with Crippen molar-refractivity contribution in [2.45, 2.75) is 13.0 Å². The SMILES string of the molecule is O=C(COC(=O)Cc1ccccc1Cl)NC(=O)NCc1ccco1. The molecule has 0 aliphatic heterocycles. The second-order valence-electron chi connectivity index (χ2n) is 4.74. The summed E-state index contributed by atoms with van der Waals surface area (Å²) in [5, 5.41) is 4.91. The number of benzene rings is 1. The Kier molecular flexibility index (Phi) is 6.39. The highest BCUT2D eigenvalue weighted by molar-refractivity contribution is 6.31. The number of esters is 1. The van der Waals surface area contributed by atoms with E-state index in [4.69, 9.17) is 20.8 Å². The van der Waals surface area contributed by atoms with Crippen molar-refractivity contribution in [3.8, 4) is 0 Å². The number of carbonyl (C=O) groups excluding carboxylic acids is 3. The first-order chi connectivity index (χ1) is 11.5. The fourth-order valence-electron chi connectivity index (χ4n) is 1.78. The first kappa shape index (κ1) is 17.6. The predicted octanol–water partition coefficient (Wildman–Crippen LogP) is 2.04. The quantitative estimate of drug-likeness (QED) is 0.777. The molecule has 0 unspecified atom stereocenters. The topological polar surface area (TPSA) is 97.6 Å². The van der Waals surface area contributed by atoms with Crippen molar-refractivity contribution in [2.24, 2.45) is 0 Å². The number of furan rings is 1. The van der Waals surface area contributed by atoms with E-state index in [-0.39, 0.29) is 13.0 Å². The van der Waals surface area contributed by atoms with Crippen LogP contribution in [0.15, 0.2) is 47.1 Å². The zero-order valence-electron chi connectivity index (χ0n) is 12.6. The maximum Gasteiger partial charge on any atom is 0.321 e. The monoisotopic (exact) mass is 350 g/mol. The highest BCUT2D eigenvalue weighted by Gasteiger charge is 2.12. The van der Waals surface area contributed by atoms with Gasteiger partial charge in [0.2, 0.25) is 0 Å². The van der Waals surface area contributed by atoms with E-state index in [1.165, 1.54) is 6.26 Å².